The summed E-state index contributed by atoms with van der Waals surface area (Å²) < 4.78 is 0. The number of nitrogens with one attached hydrogen (secondary N) is 1. The Morgan fingerprint density at radius 3 is 2.78 bits per heavy atom. The Bertz CT molecular complexity index is 445. The molecule has 18 heavy (non-hydrogen) atoms. The normalized spacial score (nSPS) is 16.7. The van der Waals surface area contributed by atoms with Gasteiger partial charge < -0.3 is 16.0 Å². The van der Waals surface area contributed by atoms with Crippen LogP contribution in [0.5, 0.6) is 0 Å². The summed E-state index contributed by atoms with van der Waals surface area (Å²) in [6.07, 6.45) is 3.06. The van der Waals surface area contributed by atoms with Gasteiger partial charge in [0.15, 0.2) is 5.82 Å². The summed E-state index contributed by atoms with van der Waals surface area (Å²) in [5.41, 5.74) is 5.31. The fraction of sp³-hybridized carbons (Fsp3) is 0.545. The molecule has 0 aromatic carbocycles. The number of carbonyl (C=O) groups excluding carboxylic acids is 1. The van der Waals surface area contributed by atoms with Crippen molar-refractivity contribution in [1.82, 2.24) is 9.97 Å². The van der Waals surface area contributed by atoms with Crippen LogP contribution in [0.4, 0.5) is 11.8 Å². The molecule has 1 saturated heterocycles. The summed E-state index contributed by atoms with van der Waals surface area (Å²) in [7, 11) is 1.76. The van der Waals surface area contributed by atoms with Crippen LogP contribution in [-0.2, 0) is 4.79 Å². The predicted octanol–water partition coefficient (Wildman–Crippen LogP) is 0.873. The van der Waals surface area contributed by atoms with Gasteiger partial charge >= 0.3 is 0 Å². The van der Waals surface area contributed by atoms with E-state index in [2.05, 4.69) is 20.2 Å². The first kappa shape index (κ1) is 12.9. The largest absolute Gasteiger partial charge is 0.369 e. The van der Waals surface area contributed by atoms with Crippen molar-refractivity contribution in [1.29, 1.82) is 0 Å². The molecule has 1 aromatic heterocycles. The molecule has 1 aliphatic rings. The molecule has 0 radical (unpaired) electrons. The molecule has 1 aromatic rings. The Kier molecular flexibility index (Phi) is 3.86. The van der Waals surface area contributed by atoms with Crippen LogP contribution in [0.2, 0.25) is 5.02 Å². The molecule has 0 saturated carbocycles. The molecule has 0 bridgehead atoms. The van der Waals surface area contributed by atoms with E-state index in [1.165, 1.54) is 0 Å². The maximum Gasteiger partial charge on any atom is 0.224 e. The summed E-state index contributed by atoms with van der Waals surface area (Å²) in [5, 5.41) is 3.40. The molecule has 0 atom stereocenters. The fourth-order valence-electron chi connectivity index (χ4n) is 2.08. The van der Waals surface area contributed by atoms with E-state index in [0.717, 1.165) is 25.9 Å². The number of nitrogens with zero attached hydrogens (tertiary/aromatic N) is 3. The number of hydrogen-bond acceptors (Lipinski definition) is 5. The van der Waals surface area contributed by atoms with Crippen LogP contribution in [0.1, 0.15) is 12.8 Å². The van der Waals surface area contributed by atoms with E-state index >= 15 is 0 Å². The number of aromatic nitrogens is 2. The van der Waals surface area contributed by atoms with Crippen LogP contribution in [-0.4, -0.2) is 36.0 Å². The minimum atomic E-state index is -0.223. The first-order valence-corrected chi connectivity index (χ1v) is 6.24. The molecule has 2 rings (SSSR count). The van der Waals surface area contributed by atoms with Crippen LogP contribution in [0.15, 0.2) is 6.20 Å². The van der Waals surface area contributed by atoms with E-state index < -0.39 is 0 Å². The van der Waals surface area contributed by atoms with Gasteiger partial charge in [0.1, 0.15) is 5.02 Å². The molecule has 1 amide bonds. The third kappa shape index (κ3) is 2.64. The molecule has 1 aliphatic heterocycles. The summed E-state index contributed by atoms with van der Waals surface area (Å²) in [5.74, 6) is 0.982. The highest BCUT2D eigenvalue weighted by atomic mass is 35.5. The van der Waals surface area contributed by atoms with Gasteiger partial charge in [0.05, 0.1) is 6.20 Å². The highest BCUT2D eigenvalue weighted by Gasteiger charge is 2.25. The van der Waals surface area contributed by atoms with Gasteiger partial charge in [0.2, 0.25) is 11.9 Å². The minimum absolute atomic E-state index is 0.0365. The van der Waals surface area contributed by atoms with Gasteiger partial charge in [-0.1, -0.05) is 11.6 Å². The number of amides is 1. The highest BCUT2D eigenvalue weighted by Crippen LogP contribution is 2.28. The standard InChI is InChI=1S/C11H16ClN5O/c1-14-11-15-6-8(12)10(16-11)17-4-2-7(3-5-17)9(13)18/h6-7H,2-5H2,1H3,(H2,13,18)(H,14,15,16). The van der Waals surface area contributed by atoms with E-state index in [0.29, 0.717) is 16.8 Å². The van der Waals surface area contributed by atoms with Gasteiger partial charge in [0, 0.05) is 26.1 Å². The highest BCUT2D eigenvalue weighted by molar-refractivity contribution is 6.32. The number of primary amides is 1. The molecule has 2 heterocycles. The second kappa shape index (κ2) is 5.39. The zero-order valence-electron chi connectivity index (χ0n) is 10.2. The number of rotatable bonds is 3. The number of halogens is 1. The average Bonchev–Trinajstić information content (AvgIpc) is 2.39. The molecule has 0 unspecified atom stereocenters. The van der Waals surface area contributed by atoms with Gasteiger partial charge in [0.25, 0.3) is 0 Å². The second-order valence-corrected chi connectivity index (χ2v) is 4.69. The SMILES string of the molecule is CNc1ncc(Cl)c(N2CCC(C(N)=O)CC2)n1. The Balaban J connectivity index is 2.11. The third-order valence-electron chi connectivity index (χ3n) is 3.15. The topological polar surface area (TPSA) is 84.1 Å². The summed E-state index contributed by atoms with van der Waals surface area (Å²) in [4.78, 5) is 21.5. The number of piperidine rings is 1. The summed E-state index contributed by atoms with van der Waals surface area (Å²) in [6.45, 7) is 1.46. The minimum Gasteiger partial charge on any atom is -0.369 e. The summed E-state index contributed by atoms with van der Waals surface area (Å²) >= 11 is 6.10. The molecular formula is C11H16ClN5O. The monoisotopic (exact) mass is 269 g/mol. The van der Waals surface area contributed by atoms with Crippen molar-refractivity contribution in [3.8, 4) is 0 Å². The van der Waals surface area contributed by atoms with Crippen molar-refractivity contribution in [3.63, 3.8) is 0 Å². The third-order valence-corrected chi connectivity index (χ3v) is 3.41. The van der Waals surface area contributed by atoms with E-state index in [1.54, 1.807) is 13.2 Å². The van der Waals surface area contributed by atoms with E-state index in [9.17, 15) is 4.79 Å². The average molecular weight is 270 g/mol. The van der Waals surface area contributed by atoms with Crippen molar-refractivity contribution in [2.75, 3.05) is 30.4 Å². The van der Waals surface area contributed by atoms with Gasteiger partial charge in [-0.05, 0) is 12.8 Å². The lowest BCUT2D eigenvalue weighted by Gasteiger charge is -2.31. The number of hydrogen-bond donors (Lipinski definition) is 2. The fourth-order valence-corrected chi connectivity index (χ4v) is 2.29. The van der Waals surface area contributed by atoms with Crippen LogP contribution >= 0.6 is 11.6 Å². The number of anilines is 2. The van der Waals surface area contributed by atoms with Crippen molar-refractivity contribution >= 4 is 29.3 Å². The Morgan fingerprint density at radius 1 is 1.56 bits per heavy atom. The second-order valence-electron chi connectivity index (χ2n) is 4.28. The molecule has 0 aliphatic carbocycles. The molecular weight excluding hydrogens is 254 g/mol. The van der Waals surface area contributed by atoms with Crippen molar-refractivity contribution in [2.45, 2.75) is 12.8 Å². The van der Waals surface area contributed by atoms with Gasteiger partial charge in [-0.2, -0.15) is 4.98 Å². The Labute approximate surface area is 111 Å². The van der Waals surface area contributed by atoms with Gasteiger partial charge in [-0.25, -0.2) is 4.98 Å². The molecule has 0 spiro atoms. The number of carbonyl (C=O) groups is 1. The quantitative estimate of drug-likeness (QED) is 0.851. The lowest BCUT2D eigenvalue weighted by Crippen LogP contribution is -2.39. The van der Waals surface area contributed by atoms with E-state index in [-0.39, 0.29) is 11.8 Å². The van der Waals surface area contributed by atoms with Crippen molar-refractivity contribution in [3.05, 3.63) is 11.2 Å². The van der Waals surface area contributed by atoms with Crippen LogP contribution in [0, 0.1) is 5.92 Å². The molecule has 7 heteroatoms. The first-order chi connectivity index (χ1) is 8.61. The van der Waals surface area contributed by atoms with Crippen LogP contribution < -0.4 is 16.0 Å². The van der Waals surface area contributed by atoms with Crippen LogP contribution in [0.25, 0.3) is 0 Å². The zero-order valence-corrected chi connectivity index (χ0v) is 10.9. The lowest BCUT2D eigenvalue weighted by atomic mass is 9.96. The maximum absolute atomic E-state index is 11.1. The molecule has 1 fully saturated rings. The first-order valence-electron chi connectivity index (χ1n) is 5.86. The van der Waals surface area contributed by atoms with Crippen LogP contribution in [0.3, 0.4) is 0 Å². The number of nitrogens with two attached hydrogens (primary N) is 1. The van der Waals surface area contributed by atoms with Crippen molar-refractivity contribution in [2.24, 2.45) is 11.7 Å². The molecule has 3 N–H and O–H groups in total. The van der Waals surface area contributed by atoms with Gasteiger partial charge in [-0.15, -0.1) is 0 Å². The lowest BCUT2D eigenvalue weighted by molar-refractivity contribution is -0.122. The van der Waals surface area contributed by atoms with E-state index in [1.807, 2.05) is 0 Å². The smallest absolute Gasteiger partial charge is 0.224 e. The Hall–Kier alpha value is -1.56. The Morgan fingerprint density at radius 2 is 2.22 bits per heavy atom. The summed E-state index contributed by atoms with van der Waals surface area (Å²) in [6, 6.07) is 0. The molecule has 6 nitrogen and oxygen atoms in total. The molecule has 98 valence electrons. The van der Waals surface area contributed by atoms with Crippen molar-refractivity contribution < 1.29 is 4.79 Å². The predicted molar refractivity (Wildman–Crippen MR) is 70.7 cm³/mol. The van der Waals surface area contributed by atoms with E-state index in [4.69, 9.17) is 17.3 Å². The van der Waals surface area contributed by atoms with Gasteiger partial charge in [-0.3, -0.25) is 4.79 Å². The zero-order chi connectivity index (χ0) is 13.1. The maximum atomic E-state index is 11.1.